The van der Waals surface area contributed by atoms with Crippen molar-refractivity contribution in [3.05, 3.63) is 29.0 Å². The van der Waals surface area contributed by atoms with E-state index in [9.17, 15) is 9.18 Å². The molecule has 1 aromatic rings. The van der Waals surface area contributed by atoms with Crippen molar-refractivity contribution in [1.82, 2.24) is 5.32 Å². The number of amides is 1. The molecule has 1 unspecified atom stereocenters. The number of rotatable bonds is 6. The van der Waals surface area contributed by atoms with Crippen molar-refractivity contribution in [3.63, 3.8) is 0 Å². The summed E-state index contributed by atoms with van der Waals surface area (Å²) in [6.45, 7) is 2.15. The van der Waals surface area contributed by atoms with Crippen LogP contribution in [-0.2, 0) is 4.79 Å². The smallest absolute Gasteiger partial charge is 0.258 e. The van der Waals surface area contributed by atoms with Crippen molar-refractivity contribution >= 4 is 17.5 Å². The van der Waals surface area contributed by atoms with Gasteiger partial charge in [-0.1, -0.05) is 11.6 Å². The third-order valence-corrected chi connectivity index (χ3v) is 3.88. The van der Waals surface area contributed by atoms with E-state index in [1.807, 2.05) is 6.92 Å². The third-order valence-electron chi connectivity index (χ3n) is 3.58. The second-order valence-corrected chi connectivity index (χ2v) is 5.71. The number of nitrogens with two attached hydrogens (primary N) is 1. The molecule has 2 rings (SSSR count). The summed E-state index contributed by atoms with van der Waals surface area (Å²) in [7, 11) is 0. The number of halogens is 2. The first-order chi connectivity index (χ1) is 9.44. The summed E-state index contributed by atoms with van der Waals surface area (Å²) >= 11 is 5.82. The summed E-state index contributed by atoms with van der Waals surface area (Å²) in [6.07, 6.45) is 2.16. The minimum Gasteiger partial charge on any atom is -0.482 e. The predicted molar refractivity (Wildman–Crippen MR) is 75.2 cm³/mol. The van der Waals surface area contributed by atoms with Crippen molar-refractivity contribution < 1.29 is 13.9 Å². The van der Waals surface area contributed by atoms with E-state index >= 15 is 0 Å². The number of benzene rings is 1. The molecule has 0 aromatic heterocycles. The highest BCUT2D eigenvalue weighted by molar-refractivity contribution is 6.32. The zero-order valence-corrected chi connectivity index (χ0v) is 12.0. The largest absolute Gasteiger partial charge is 0.482 e. The van der Waals surface area contributed by atoms with E-state index in [-0.39, 0.29) is 28.8 Å². The molecule has 4 nitrogen and oxygen atoms in total. The number of ether oxygens (including phenoxy) is 1. The van der Waals surface area contributed by atoms with Gasteiger partial charge in [0.2, 0.25) is 0 Å². The Kier molecular flexibility index (Phi) is 4.50. The van der Waals surface area contributed by atoms with Crippen LogP contribution in [0.4, 0.5) is 4.39 Å². The average molecular weight is 301 g/mol. The zero-order valence-electron chi connectivity index (χ0n) is 11.3. The number of hydrogen-bond donors (Lipinski definition) is 2. The van der Waals surface area contributed by atoms with Gasteiger partial charge in [0.15, 0.2) is 6.61 Å². The van der Waals surface area contributed by atoms with Gasteiger partial charge < -0.3 is 15.8 Å². The van der Waals surface area contributed by atoms with E-state index in [4.69, 9.17) is 22.1 Å². The standard InChI is InChI=1S/C14H18ClFN2O2/c1-14(8-17,9-2-3-9)18-13(19)7-20-12-5-4-10(16)6-11(12)15/h4-6,9H,2-3,7-8,17H2,1H3,(H,18,19). The summed E-state index contributed by atoms with van der Waals surface area (Å²) in [5.41, 5.74) is 5.34. The Balaban J connectivity index is 1.88. The minimum absolute atomic E-state index is 0.140. The van der Waals surface area contributed by atoms with Crippen molar-refractivity contribution in [3.8, 4) is 5.75 Å². The quantitative estimate of drug-likeness (QED) is 0.845. The Labute approximate surface area is 122 Å². The molecule has 110 valence electrons. The van der Waals surface area contributed by atoms with Crippen molar-refractivity contribution in [2.75, 3.05) is 13.2 Å². The highest BCUT2D eigenvalue weighted by atomic mass is 35.5. The van der Waals surface area contributed by atoms with E-state index < -0.39 is 5.82 Å². The Hall–Kier alpha value is -1.33. The maximum atomic E-state index is 12.9. The van der Waals surface area contributed by atoms with E-state index in [2.05, 4.69) is 5.32 Å². The Morgan fingerprint density at radius 1 is 1.60 bits per heavy atom. The Bertz CT molecular complexity index is 508. The summed E-state index contributed by atoms with van der Waals surface area (Å²) < 4.78 is 18.2. The fraction of sp³-hybridized carbons (Fsp3) is 0.500. The van der Waals surface area contributed by atoms with E-state index in [0.29, 0.717) is 12.5 Å². The van der Waals surface area contributed by atoms with Gasteiger partial charge in [0.1, 0.15) is 11.6 Å². The SMILES string of the molecule is CC(CN)(NC(=O)COc1ccc(F)cc1Cl)C1CC1. The van der Waals surface area contributed by atoms with Gasteiger partial charge >= 0.3 is 0 Å². The molecule has 1 amide bonds. The van der Waals surface area contributed by atoms with Crippen LogP contribution in [-0.4, -0.2) is 24.6 Å². The van der Waals surface area contributed by atoms with Crippen LogP contribution in [0.1, 0.15) is 19.8 Å². The van der Waals surface area contributed by atoms with Crippen LogP contribution in [0.15, 0.2) is 18.2 Å². The van der Waals surface area contributed by atoms with E-state index in [0.717, 1.165) is 18.9 Å². The average Bonchev–Trinajstić information content (AvgIpc) is 3.22. The summed E-state index contributed by atoms with van der Waals surface area (Å²) in [5.74, 6) is 0.0106. The van der Waals surface area contributed by atoms with Crippen LogP contribution in [0, 0.1) is 11.7 Å². The van der Waals surface area contributed by atoms with Crippen molar-refractivity contribution in [1.29, 1.82) is 0 Å². The lowest BCUT2D eigenvalue weighted by Gasteiger charge is -2.29. The molecule has 1 saturated carbocycles. The molecule has 0 heterocycles. The van der Waals surface area contributed by atoms with Crippen LogP contribution >= 0.6 is 11.6 Å². The molecule has 0 saturated heterocycles. The Morgan fingerprint density at radius 3 is 2.85 bits per heavy atom. The van der Waals surface area contributed by atoms with Crippen LogP contribution in [0.2, 0.25) is 5.02 Å². The minimum atomic E-state index is -0.448. The topological polar surface area (TPSA) is 64.3 Å². The van der Waals surface area contributed by atoms with E-state index in [1.54, 1.807) is 0 Å². The van der Waals surface area contributed by atoms with Gasteiger partial charge in [-0.3, -0.25) is 4.79 Å². The van der Waals surface area contributed by atoms with Crippen LogP contribution < -0.4 is 15.8 Å². The first-order valence-electron chi connectivity index (χ1n) is 6.53. The molecule has 1 atom stereocenters. The molecule has 3 N–H and O–H groups in total. The second-order valence-electron chi connectivity index (χ2n) is 5.31. The molecular weight excluding hydrogens is 283 g/mol. The Morgan fingerprint density at radius 2 is 2.30 bits per heavy atom. The van der Waals surface area contributed by atoms with Crippen molar-refractivity contribution in [2.24, 2.45) is 11.7 Å². The number of carbonyl (C=O) groups is 1. The molecule has 1 aliphatic carbocycles. The maximum Gasteiger partial charge on any atom is 0.258 e. The highest BCUT2D eigenvalue weighted by Gasteiger charge is 2.41. The monoisotopic (exact) mass is 300 g/mol. The fourth-order valence-electron chi connectivity index (χ4n) is 2.13. The first-order valence-corrected chi connectivity index (χ1v) is 6.91. The van der Waals surface area contributed by atoms with Gasteiger partial charge in [-0.05, 0) is 43.9 Å². The third kappa shape index (κ3) is 3.61. The van der Waals surface area contributed by atoms with Gasteiger partial charge in [-0.2, -0.15) is 0 Å². The molecule has 1 fully saturated rings. The molecular formula is C14H18ClFN2O2. The van der Waals surface area contributed by atoms with Gasteiger partial charge in [0, 0.05) is 6.54 Å². The van der Waals surface area contributed by atoms with Gasteiger partial charge in [-0.15, -0.1) is 0 Å². The lowest BCUT2D eigenvalue weighted by Crippen LogP contribution is -2.54. The fourth-order valence-corrected chi connectivity index (χ4v) is 2.35. The summed E-state index contributed by atoms with van der Waals surface area (Å²) in [4.78, 5) is 11.9. The molecule has 0 aliphatic heterocycles. The van der Waals surface area contributed by atoms with Gasteiger partial charge in [0.25, 0.3) is 5.91 Å². The maximum absolute atomic E-state index is 12.9. The molecule has 1 aromatic carbocycles. The summed E-state index contributed by atoms with van der Waals surface area (Å²) in [5, 5.41) is 3.04. The van der Waals surface area contributed by atoms with Crippen LogP contribution in [0.5, 0.6) is 5.75 Å². The van der Waals surface area contributed by atoms with Gasteiger partial charge in [0.05, 0.1) is 10.6 Å². The van der Waals surface area contributed by atoms with Crippen LogP contribution in [0.25, 0.3) is 0 Å². The molecule has 1 aliphatic rings. The molecule has 0 radical (unpaired) electrons. The molecule has 0 spiro atoms. The van der Waals surface area contributed by atoms with Gasteiger partial charge in [-0.25, -0.2) is 4.39 Å². The zero-order chi connectivity index (χ0) is 14.8. The second kappa shape index (κ2) is 5.97. The number of hydrogen-bond acceptors (Lipinski definition) is 3. The lowest BCUT2D eigenvalue weighted by molar-refractivity contribution is -0.125. The molecule has 0 bridgehead atoms. The predicted octanol–water partition coefficient (Wildman–Crippen LogP) is 2.10. The lowest BCUT2D eigenvalue weighted by atomic mass is 9.96. The van der Waals surface area contributed by atoms with Crippen molar-refractivity contribution in [2.45, 2.75) is 25.3 Å². The molecule has 20 heavy (non-hydrogen) atoms. The molecule has 6 heteroatoms. The number of nitrogens with one attached hydrogen (secondary N) is 1. The highest BCUT2D eigenvalue weighted by Crippen LogP contribution is 2.38. The number of carbonyl (C=O) groups excluding carboxylic acids is 1. The normalized spacial score (nSPS) is 17.4. The van der Waals surface area contributed by atoms with E-state index in [1.165, 1.54) is 12.1 Å². The van der Waals surface area contributed by atoms with Crippen LogP contribution in [0.3, 0.4) is 0 Å². The summed E-state index contributed by atoms with van der Waals surface area (Å²) in [6, 6.07) is 3.77. The first kappa shape index (κ1) is 15.1.